The minimum atomic E-state index is -0.191. The van der Waals surface area contributed by atoms with Crippen LogP contribution in [0.4, 0.5) is 5.69 Å². The van der Waals surface area contributed by atoms with Crippen LogP contribution in [-0.2, 0) is 9.63 Å². The molecule has 3 N–H and O–H groups in total. The van der Waals surface area contributed by atoms with Crippen LogP contribution in [0, 0.1) is 0 Å². The standard InChI is InChI=1S/C24H25N5O3/c1-29-12-10-15(11-13-29)25-20(30)14-32-28-22-17-7-3-5-9-19(17)26-23(22)21-16-6-2-4-8-18(16)27-24(21)31/h2-9,15,27,31H,10-14H2,1H3,(H,25,30)/b28-22+. The number of aromatic nitrogens is 1. The monoisotopic (exact) mass is 431 g/mol. The maximum Gasteiger partial charge on any atom is 0.260 e. The van der Waals surface area contributed by atoms with E-state index in [-0.39, 0.29) is 24.4 Å². The van der Waals surface area contributed by atoms with Gasteiger partial charge >= 0.3 is 0 Å². The number of oxime groups is 1. The van der Waals surface area contributed by atoms with Gasteiger partial charge in [-0.1, -0.05) is 41.6 Å². The molecule has 2 aliphatic rings. The molecule has 3 heterocycles. The van der Waals surface area contributed by atoms with Gasteiger partial charge < -0.3 is 25.1 Å². The number of amides is 1. The van der Waals surface area contributed by atoms with Crippen LogP contribution in [0.15, 0.2) is 58.7 Å². The first-order valence-corrected chi connectivity index (χ1v) is 10.8. The van der Waals surface area contributed by atoms with Gasteiger partial charge in [0, 0.05) is 22.5 Å². The normalized spacial score (nSPS) is 18.0. The molecule has 0 spiro atoms. The Morgan fingerprint density at radius 1 is 1.22 bits per heavy atom. The molecule has 0 bridgehead atoms. The molecule has 5 rings (SSSR count). The molecule has 1 aromatic heterocycles. The fourth-order valence-electron chi connectivity index (χ4n) is 4.28. The van der Waals surface area contributed by atoms with Crippen molar-refractivity contribution in [1.82, 2.24) is 15.2 Å². The van der Waals surface area contributed by atoms with Gasteiger partial charge in [-0.3, -0.25) is 4.79 Å². The van der Waals surface area contributed by atoms with Gasteiger partial charge in [-0.05, 0) is 45.1 Å². The van der Waals surface area contributed by atoms with E-state index in [1.807, 2.05) is 48.5 Å². The number of H-pyrrole nitrogens is 1. The van der Waals surface area contributed by atoms with E-state index in [0.717, 1.165) is 48.1 Å². The smallest absolute Gasteiger partial charge is 0.260 e. The van der Waals surface area contributed by atoms with Gasteiger partial charge in [0.1, 0.15) is 11.4 Å². The summed E-state index contributed by atoms with van der Waals surface area (Å²) in [4.78, 5) is 27.8. The first-order chi connectivity index (χ1) is 15.6. The van der Waals surface area contributed by atoms with Crippen molar-refractivity contribution in [1.29, 1.82) is 0 Å². The van der Waals surface area contributed by atoms with E-state index in [2.05, 4.69) is 27.4 Å². The first kappa shape index (κ1) is 20.3. The Morgan fingerprint density at radius 2 is 1.97 bits per heavy atom. The second-order valence-corrected chi connectivity index (χ2v) is 8.23. The number of aromatic amines is 1. The van der Waals surface area contributed by atoms with E-state index in [0.29, 0.717) is 17.0 Å². The van der Waals surface area contributed by atoms with E-state index >= 15 is 0 Å². The highest BCUT2D eigenvalue weighted by Gasteiger charge is 2.29. The number of aromatic hydroxyl groups is 1. The number of hydrogen-bond acceptors (Lipinski definition) is 6. The molecule has 1 saturated heterocycles. The van der Waals surface area contributed by atoms with Crippen LogP contribution in [0.2, 0.25) is 0 Å². The van der Waals surface area contributed by atoms with Gasteiger partial charge in [0.15, 0.2) is 12.5 Å². The van der Waals surface area contributed by atoms with Crippen LogP contribution in [0.25, 0.3) is 10.9 Å². The number of carbonyl (C=O) groups excluding carboxylic acids is 1. The number of benzene rings is 2. The van der Waals surface area contributed by atoms with E-state index in [1.165, 1.54) is 0 Å². The Morgan fingerprint density at radius 3 is 2.81 bits per heavy atom. The SMILES string of the molecule is CN1CCC(NC(=O)CO/N=C2/C(c3c(O)[nH]c4ccccc34)=Nc3ccccc32)CC1. The van der Waals surface area contributed by atoms with Gasteiger partial charge in [-0.2, -0.15) is 0 Å². The average molecular weight is 431 g/mol. The molecule has 2 aliphatic heterocycles. The minimum absolute atomic E-state index is 0.0189. The number of likely N-dealkylation sites (tertiary alicyclic amines) is 1. The highest BCUT2D eigenvalue weighted by Crippen LogP contribution is 2.35. The Kier molecular flexibility index (Phi) is 5.36. The minimum Gasteiger partial charge on any atom is -0.494 e. The summed E-state index contributed by atoms with van der Waals surface area (Å²) in [5.41, 5.74) is 3.91. The lowest BCUT2D eigenvalue weighted by molar-refractivity contribution is -0.126. The summed E-state index contributed by atoms with van der Waals surface area (Å²) in [6.45, 7) is 1.77. The van der Waals surface area contributed by atoms with Crippen molar-refractivity contribution in [3.63, 3.8) is 0 Å². The third-order valence-electron chi connectivity index (χ3n) is 5.97. The third-order valence-corrected chi connectivity index (χ3v) is 5.97. The summed E-state index contributed by atoms with van der Waals surface area (Å²) in [7, 11) is 2.08. The lowest BCUT2D eigenvalue weighted by Gasteiger charge is -2.29. The number of hydrogen-bond donors (Lipinski definition) is 3. The molecule has 0 aliphatic carbocycles. The molecule has 0 unspecified atom stereocenters. The summed E-state index contributed by atoms with van der Waals surface area (Å²) >= 11 is 0. The molecular formula is C24H25N5O3. The maximum absolute atomic E-state index is 12.4. The fraction of sp³-hybridized carbons (Fsp3) is 0.292. The summed E-state index contributed by atoms with van der Waals surface area (Å²) in [6, 6.07) is 15.4. The quantitative estimate of drug-likeness (QED) is 0.541. The topological polar surface area (TPSA) is 102 Å². The van der Waals surface area contributed by atoms with E-state index in [1.54, 1.807) is 0 Å². The summed E-state index contributed by atoms with van der Waals surface area (Å²) in [6.07, 6.45) is 1.86. The first-order valence-electron chi connectivity index (χ1n) is 10.8. The maximum atomic E-state index is 12.4. The lowest BCUT2D eigenvalue weighted by Crippen LogP contribution is -2.44. The molecule has 1 amide bonds. The number of nitrogens with zero attached hydrogens (tertiary/aromatic N) is 3. The van der Waals surface area contributed by atoms with Crippen LogP contribution >= 0.6 is 0 Å². The van der Waals surface area contributed by atoms with Crippen LogP contribution in [0.5, 0.6) is 5.88 Å². The van der Waals surface area contributed by atoms with E-state index in [4.69, 9.17) is 9.83 Å². The van der Waals surface area contributed by atoms with Gasteiger partial charge in [0.05, 0.1) is 11.3 Å². The predicted octanol–water partition coefficient (Wildman–Crippen LogP) is 2.94. The molecule has 164 valence electrons. The lowest BCUT2D eigenvalue weighted by atomic mass is 10.0. The second-order valence-electron chi connectivity index (χ2n) is 8.23. The second kappa shape index (κ2) is 8.47. The van der Waals surface area contributed by atoms with Crippen molar-refractivity contribution in [2.24, 2.45) is 10.1 Å². The van der Waals surface area contributed by atoms with Gasteiger partial charge in [0.2, 0.25) is 0 Å². The highest BCUT2D eigenvalue weighted by molar-refractivity contribution is 6.58. The van der Waals surface area contributed by atoms with Crippen molar-refractivity contribution < 1.29 is 14.7 Å². The summed E-state index contributed by atoms with van der Waals surface area (Å²) in [5, 5.41) is 18.8. The zero-order valence-electron chi connectivity index (χ0n) is 17.8. The van der Waals surface area contributed by atoms with Crippen LogP contribution in [0.3, 0.4) is 0 Å². The molecule has 8 nitrogen and oxygen atoms in total. The number of piperidine rings is 1. The Hall–Kier alpha value is -3.65. The van der Waals surface area contributed by atoms with Crippen LogP contribution in [0.1, 0.15) is 24.0 Å². The van der Waals surface area contributed by atoms with Crippen molar-refractivity contribution >= 4 is 33.9 Å². The Labute approximate surface area is 185 Å². The highest BCUT2D eigenvalue weighted by atomic mass is 16.6. The number of aliphatic imine (C=N–C) groups is 1. The fourth-order valence-corrected chi connectivity index (χ4v) is 4.28. The number of nitrogens with one attached hydrogen (secondary N) is 2. The molecule has 0 atom stereocenters. The zero-order valence-corrected chi connectivity index (χ0v) is 17.8. The van der Waals surface area contributed by atoms with Crippen LogP contribution in [-0.4, -0.2) is 65.1 Å². The van der Waals surface area contributed by atoms with E-state index < -0.39 is 0 Å². The number of rotatable bonds is 5. The molecule has 0 radical (unpaired) electrons. The molecule has 2 aromatic carbocycles. The Balaban J connectivity index is 1.37. The van der Waals surface area contributed by atoms with Gasteiger partial charge in [0.25, 0.3) is 5.91 Å². The third kappa shape index (κ3) is 3.85. The molecule has 0 saturated carbocycles. The zero-order chi connectivity index (χ0) is 22.1. The van der Waals surface area contributed by atoms with Gasteiger partial charge in [-0.15, -0.1) is 0 Å². The summed E-state index contributed by atoms with van der Waals surface area (Å²) < 4.78 is 0. The molecule has 1 fully saturated rings. The average Bonchev–Trinajstić information content (AvgIpc) is 3.31. The van der Waals surface area contributed by atoms with Crippen molar-refractivity contribution in [2.45, 2.75) is 18.9 Å². The molecular weight excluding hydrogens is 406 g/mol. The predicted molar refractivity (Wildman–Crippen MR) is 124 cm³/mol. The van der Waals surface area contributed by atoms with Gasteiger partial charge in [-0.25, -0.2) is 4.99 Å². The number of carbonyl (C=O) groups is 1. The van der Waals surface area contributed by atoms with E-state index in [9.17, 15) is 9.90 Å². The largest absolute Gasteiger partial charge is 0.494 e. The molecule has 3 aromatic rings. The molecule has 8 heteroatoms. The number of fused-ring (bicyclic) bond motifs is 2. The molecule has 32 heavy (non-hydrogen) atoms. The van der Waals surface area contributed by atoms with Crippen molar-refractivity contribution in [3.05, 3.63) is 59.7 Å². The van der Waals surface area contributed by atoms with Crippen LogP contribution < -0.4 is 5.32 Å². The Bertz CT molecular complexity index is 1220. The number of para-hydroxylation sites is 2. The van der Waals surface area contributed by atoms with Crippen molar-refractivity contribution in [3.8, 4) is 5.88 Å². The summed E-state index contributed by atoms with van der Waals surface area (Å²) in [5.74, 6) is -0.172. The van der Waals surface area contributed by atoms with Crippen molar-refractivity contribution in [2.75, 3.05) is 26.7 Å².